The normalized spacial score (nSPS) is 27.8. The Labute approximate surface area is 110 Å². The van der Waals surface area contributed by atoms with Gasteiger partial charge in [0.1, 0.15) is 0 Å². The molecule has 4 atom stereocenters. The minimum Gasteiger partial charge on any atom is -0.395 e. The second kappa shape index (κ2) is 8.64. The molecule has 1 aliphatic rings. The molecule has 1 heterocycles. The molecule has 0 aromatic carbocycles. The molecule has 106 valence electrons. The maximum absolute atomic E-state index is 10.4. The molecule has 1 saturated heterocycles. The highest BCUT2D eigenvalue weighted by Crippen LogP contribution is 2.20. The molecule has 0 aromatic rings. The molecule has 1 rings (SSSR count). The van der Waals surface area contributed by atoms with Crippen LogP contribution < -0.4 is 10.6 Å². The molecule has 0 aromatic heterocycles. The molecule has 4 unspecified atom stereocenters. The first kappa shape index (κ1) is 15.6. The van der Waals surface area contributed by atoms with Crippen LogP contribution in [0.25, 0.3) is 0 Å². The van der Waals surface area contributed by atoms with E-state index in [9.17, 15) is 5.11 Å². The quantitative estimate of drug-likeness (QED) is 0.485. The van der Waals surface area contributed by atoms with E-state index in [2.05, 4.69) is 17.6 Å². The van der Waals surface area contributed by atoms with E-state index in [1.165, 1.54) is 12.8 Å². The fourth-order valence-corrected chi connectivity index (χ4v) is 2.69. The van der Waals surface area contributed by atoms with Crippen LogP contribution >= 0.6 is 0 Å². The van der Waals surface area contributed by atoms with E-state index >= 15 is 0 Å². The molecule has 1 aliphatic heterocycles. The predicted molar refractivity (Wildman–Crippen MR) is 74.6 cm³/mol. The third kappa shape index (κ3) is 4.69. The average Bonchev–Trinajstić information content (AvgIpc) is 2.83. The van der Waals surface area contributed by atoms with Crippen molar-refractivity contribution in [3.8, 4) is 0 Å². The van der Waals surface area contributed by atoms with Gasteiger partial charge in [0, 0.05) is 18.6 Å². The molecular formula is C14H28N2O2. The number of nitrogens with one attached hydrogen (secondary N) is 2. The predicted octanol–water partition coefficient (Wildman–Crippen LogP) is 0.795. The van der Waals surface area contributed by atoms with Crippen molar-refractivity contribution in [1.29, 1.82) is 0 Å². The SMILES string of the molecule is C/C=C/C(NCCO)C(O)C1CCC(CCC)N1. The summed E-state index contributed by atoms with van der Waals surface area (Å²) in [4.78, 5) is 0. The van der Waals surface area contributed by atoms with Gasteiger partial charge in [0.15, 0.2) is 0 Å². The lowest BCUT2D eigenvalue weighted by molar-refractivity contribution is 0.105. The first-order chi connectivity index (χ1) is 8.72. The van der Waals surface area contributed by atoms with Crippen molar-refractivity contribution in [1.82, 2.24) is 10.6 Å². The zero-order chi connectivity index (χ0) is 13.4. The van der Waals surface area contributed by atoms with Crippen molar-refractivity contribution in [3.63, 3.8) is 0 Å². The van der Waals surface area contributed by atoms with E-state index in [0.29, 0.717) is 12.6 Å². The topological polar surface area (TPSA) is 64.5 Å². The van der Waals surface area contributed by atoms with Gasteiger partial charge in [-0.3, -0.25) is 0 Å². The van der Waals surface area contributed by atoms with Crippen LogP contribution in [0.2, 0.25) is 0 Å². The number of rotatable bonds is 8. The Morgan fingerprint density at radius 2 is 2.22 bits per heavy atom. The molecule has 0 amide bonds. The van der Waals surface area contributed by atoms with Crippen LogP contribution in [-0.2, 0) is 0 Å². The maximum atomic E-state index is 10.4. The van der Waals surface area contributed by atoms with Crippen LogP contribution in [0.4, 0.5) is 0 Å². The van der Waals surface area contributed by atoms with Gasteiger partial charge in [-0.2, -0.15) is 0 Å². The van der Waals surface area contributed by atoms with Crippen LogP contribution in [0.1, 0.15) is 39.5 Å². The van der Waals surface area contributed by atoms with E-state index in [1.54, 1.807) is 0 Å². The van der Waals surface area contributed by atoms with Crippen LogP contribution in [0, 0.1) is 0 Å². The Hall–Kier alpha value is -0.420. The monoisotopic (exact) mass is 256 g/mol. The van der Waals surface area contributed by atoms with Crippen molar-refractivity contribution in [3.05, 3.63) is 12.2 Å². The van der Waals surface area contributed by atoms with Gasteiger partial charge in [0.2, 0.25) is 0 Å². The van der Waals surface area contributed by atoms with Gasteiger partial charge in [-0.25, -0.2) is 0 Å². The highest BCUT2D eigenvalue weighted by molar-refractivity contribution is 5.01. The summed E-state index contributed by atoms with van der Waals surface area (Å²) in [6.45, 7) is 4.74. The van der Waals surface area contributed by atoms with Crippen LogP contribution in [0.3, 0.4) is 0 Å². The number of allylic oxidation sites excluding steroid dienone is 1. The van der Waals surface area contributed by atoms with Crippen molar-refractivity contribution in [2.45, 2.75) is 63.8 Å². The molecule has 0 spiro atoms. The molecule has 18 heavy (non-hydrogen) atoms. The summed E-state index contributed by atoms with van der Waals surface area (Å²) >= 11 is 0. The van der Waals surface area contributed by atoms with Gasteiger partial charge in [-0.15, -0.1) is 0 Å². The number of aliphatic hydroxyl groups excluding tert-OH is 2. The minimum absolute atomic E-state index is 0.0833. The second-order valence-electron chi connectivity index (χ2n) is 5.06. The van der Waals surface area contributed by atoms with Crippen molar-refractivity contribution in [2.24, 2.45) is 0 Å². The van der Waals surface area contributed by atoms with E-state index in [4.69, 9.17) is 5.11 Å². The first-order valence-electron chi connectivity index (χ1n) is 7.14. The van der Waals surface area contributed by atoms with Gasteiger partial charge in [-0.1, -0.05) is 25.5 Å². The van der Waals surface area contributed by atoms with Gasteiger partial charge < -0.3 is 20.8 Å². The van der Waals surface area contributed by atoms with Gasteiger partial charge >= 0.3 is 0 Å². The Bertz CT molecular complexity index is 246. The Morgan fingerprint density at radius 3 is 2.83 bits per heavy atom. The number of hydrogen-bond donors (Lipinski definition) is 4. The molecule has 4 heteroatoms. The van der Waals surface area contributed by atoms with E-state index < -0.39 is 6.10 Å². The zero-order valence-corrected chi connectivity index (χ0v) is 11.6. The van der Waals surface area contributed by atoms with Crippen molar-refractivity contribution in [2.75, 3.05) is 13.2 Å². The van der Waals surface area contributed by atoms with Crippen LogP contribution in [0.5, 0.6) is 0 Å². The minimum atomic E-state index is -0.436. The second-order valence-corrected chi connectivity index (χ2v) is 5.06. The summed E-state index contributed by atoms with van der Waals surface area (Å²) in [5.41, 5.74) is 0. The Morgan fingerprint density at radius 1 is 1.44 bits per heavy atom. The maximum Gasteiger partial charge on any atom is 0.0881 e. The summed E-state index contributed by atoms with van der Waals surface area (Å²) in [5, 5.41) is 25.9. The highest BCUT2D eigenvalue weighted by Gasteiger charge is 2.31. The molecule has 4 nitrogen and oxygen atoms in total. The summed E-state index contributed by atoms with van der Waals surface area (Å²) in [6.07, 6.45) is 8.02. The van der Waals surface area contributed by atoms with Crippen molar-refractivity contribution >= 4 is 0 Å². The van der Waals surface area contributed by atoms with E-state index in [-0.39, 0.29) is 18.7 Å². The molecule has 0 bridgehead atoms. The van der Waals surface area contributed by atoms with E-state index in [1.807, 2.05) is 19.1 Å². The zero-order valence-electron chi connectivity index (χ0n) is 11.6. The average molecular weight is 256 g/mol. The summed E-state index contributed by atoms with van der Waals surface area (Å²) < 4.78 is 0. The van der Waals surface area contributed by atoms with Gasteiger partial charge in [-0.05, 0) is 26.2 Å². The first-order valence-corrected chi connectivity index (χ1v) is 7.14. The molecule has 0 saturated carbocycles. The Balaban J connectivity index is 2.47. The number of hydrogen-bond acceptors (Lipinski definition) is 4. The van der Waals surface area contributed by atoms with Gasteiger partial charge in [0.05, 0.1) is 18.8 Å². The molecule has 0 aliphatic carbocycles. The Kier molecular flexibility index (Phi) is 7.51. The third-order valence-electron chi connectivity index (χ3n) is 3.58. The lowest BCUT2D eigenvalue weighted by Gasteiger charge is -2.27. The third-order valence-corrected chi connectivity index (χ3v) is 3.58. The molecule has 0 radical (unpaired) electrons. The van der Waals surface area contributed by atoms with Crippen LogP contribution in [0.15, 0.2) is 12.2 Å². The summed E-state index contributed by atoms with van der Waals surface area (Å²) in [7, 11) is 0. The van der Waals surface area contributed by atoms with E-state index in [0.717, 1.165) is 12.8 Å². The number of aliphatic hydroxyl groups is 2. The highest BCUT2D eigenvalue weighted by atomic mass is 16.3. The molecular weight excluding hydrogens is 228 g/mol. The lowest BCUT2D eigenvalue weighted by Crippen LogP contribution is -2.50. The smallest absolute Gasteiger partial charge is 0.0881 e. The van der Waals surface area contributed by atoms with Crippen LogP contribution in [-0.4, -0.2) is 47.6 Å². The molecule has 1 fully saturated rings. The standard InChI is InChI=1S/C14H28N2O2/c1-3-5-11-7-8-13(16-11)14(18)12(6-4-2)15-9-10-17/h4,6,11-18H,3,5,7-10H2,1-2H3/b6-4+. The molecule has 4 N–H and O–H groups in total. The van der Waals surface area contributed by atoms with Crippen molar-refractivity contribution < 1.29 is 10.2 Å². The van der Waals surface area contributed by atoms with Gasteiger partial charge in [0.25, 0.3) is 0 Å². The fourth-order valence-electron chi connectivity index (χ4n) is 2.69. The largest absolute Gasteiger partial charge is 0.395 e. The fraction of sp³-hybridized carbons (Fsp3) is 0.857. The summed E-state index contributed by atoms with van der Waals surface area (Å²) in [5.74, 6) is 0. The lowest BCUT2D eigenvalue weighted by atomic mass is 10.0. The summed E-state index contributed by atoms with van der Waals surface area (Å²) in [6, 6.07) is 0.632.